The number of nitriles is 1. The van der Waals surface area contributed by atoms with Gasteiger partial charge in [0, 0.05) is 17.6 Å². The van der Waals surface area contributed by atoms with Crippen molar-refractivity contribution in [2.45, 2.75) is 76.4 Å². The molecule has 5 atom stereocenters. The Morgan fingerprint density at radius 1 is 0.873 bits per heavy atom. The number of carbonyl (C=O) groups is 1. The standard InChI is InChI=1S/C47H51FN7O7P/c1-31(2)55(32(3)4)63(60-27-13-26-49)62-42-39(61-46(40(42)48)54-30-52-41-43(50-29-51-44(41)54)53-45(56)33-14-9-7-10-15-33)28-59-47(34-16-11-8-12-17-34,35-18-22-37(57-5)23-19-35)36-20-24-38(58-6)25-21-36/h7-12,14-25,29-32,39-40,42,46H,13,27-28H2,1-6H3,(H,50,51,53,56). The lowest BCUT2D eigenvalue weighted by Gasteiger charge is -2.39. The number of halogens is 1. The lowest BCUT2D eigenvalue weighted by molar-refractivity contribution is -0.0919. The summed E-state index contributed by atoms with van der Waals surface area (Å²) in [6.45, 7) is 7.96. The summed E-state index contributed by atoms with van der Waals surface area (Å²) in [5, 5.41) is 12.2. The fourth-order valence-corrected chi connectivity index (χ4v) is 9.52. The predicted octanol–water partition coefficient (Wildman–Crippen LogP) is 9.00. The quantitative estimate of drug-likeness (QED) is 0.0469. The van der Waals surface area contributed by atoms with E-state index in [1.54, 1.807) is 38.5 Å². The molecule has 328 valence electrons. The first-order valence-electron chi connectivity index (χ1n) is 20.7. The first kappa shape index (κ1) is 45.2. The Bertz CT molecular complexity index is 2400. The summed E-state index contributed by atoms with van der Waals surface area (Å²) in [4.78, 5) is 26.5. The van der Waals surface area contributed by atoms with Crippen LogP contribution in [-0.2, 0) is 24.1 Å². The number of fused-ring (bicyclic) bond motifs is 1. The van der Waals surface area contributed by atoms with Gasteiger partial charge in [-0.05, 0) is 80.8 Å². The molecular weight excluding hydrogens is 825 g/mol. The molecule has 3 heterocycles. The second kappa shape index (κ2) is 20.6. The molecule has 14 nitrogen and oxygen atoms in total. The largest absolute Gasteiger partial charge is 0.497 e. The molecule has 1 amide bonds. The van der Waals surface area contributed by atoms with Crippen LogP contribution in [0.4, 0.5) is 10.2 Å². The lowest BCUT2D eigenvalue weighted by Crippen LogP contribution is -2.41. The van der Waals surface area contributed by atoms with E-state index < -0.39 is 44.6 Å². The number of nitrogens with one attached hydrogen (secondary N) is 1. The van der Waals surface area contributed by atoms with E-state index >= 15 is 4.39 Å². The maximum atomic E-state index is 17.7. The Labute approximate surface area is 367 Å². The van der Waals surface area contributed by atoms with E-state index in [1.165, 1.54) is 17.2 Å². The maximum absolute atomic E-state index is 17.7. The number of carbonyl (C=O) groups excluding carboxylic acids is 1. The third-order valence-electron chi connectivity index (χ3n) is 10.7. The molecule has 7 rings (SSSR count). The molecule has 16 heteroatoms. The van der Waals surface area contributed by atoms with E-state index in [-0.39, 0.29) is 48.7 Å². The molecule has 4 aromatic carbocycles. The molecule has 1 saturated heterocycles. The van der Waals surface area contributed by atoms with Crippen LogP contribution in [0.15, 0.2) is 122 Å². The van der Waals surface area contributed by atoms with Gasteiger partial charge in [0.1, 0.15) is 35.6 Å². The van der Waals surface area contributed by atoms with E-state index in [4.69, 9.17) is 28.0 Å². The number of hydrogen-bond acceptors (Lipinski definition) is 12. The number of methoxy groups -OCH3 is 2. The van der Waals surface area contributed by atoms with Crippen LogP contribution < -0.4 is 14.8 Å². The number of hydrogen-bond donors (Lipinski definition) is 1. The van der Waals surface area contributed by atoms with Crippen LogP contribution in [0.1, 0.15) is 67.4 Å². The number of amides is 1. The number of aromatic nitrogens is 4. The van der Waals surface area contributed by atoms with E-state index in [1.807, 2.05) is 117 Å². The molecule has 1 aliphatic rings. The van der Waals surface area contributed by atoms with Crippen LogP contribution in [-0.4, -0.2) is 88.0 Å². The maximum Gasteiger partial charge on any atom is 0.259 e. The van der Waals surface area contributed by atoms with Crippen LogP contribution in [0.5, 0.6) is 11.5 Å². The SMILES string of the molecule is COc1ccc(C(OCC2OC(n3cnc4c(NC(=O)c5ccccc5)ncnc43)C(F)C2OP(OCCC#N)N(C(C)C)C(C)C)(c2ccccc2)c2ccc(OC)cc2)cc1. The number of nitrogens with zero attached hydrogens (tertiary/aromatic N) is 6. The Balaban J connectivity index is 1.31. The second-order valence-electron chi connectivity index (χ2n) is 15.3. The fourth-order valence-electron chi connectivity index (χ4n) is 7.76. The van der Waals surface area contributed by atoms with Crippen molar-refractivity contribution in [2.75, 3.05) is 32.8 Å². The first-order chi connectivity index (χ1) is 30.6. The van der Waals surface area contributed by atoms with Crippen molar-refractivity contribution >= 4 is 31.4 Å². The normalized spacial score (nSPS) is 18.2. The van der Waals surface area contributed by atoms with E-state index in [0.29, 0.717) is 17.1 Å². The zero-order chi connectivity index (χ0) is 44.5. The molecule has 0 saturated carbocycles. The van der Waals surface area contributed by atoms with Gasteiger partial charge in [-0.1, -0.05) is 72.8 Å². The first-order valence-corrected chi connectivity index (χ1v) is 21.8. The van der Waals surface area contributed by atoms with Gasteiger partial charge in [0.2, 0.25) is 0 Å². The molecule has 5 unspecified atom stereocenters. The van der Waals surface area contributed by atoms with E-state index in [9.17, 15) is 10.1 Å². The van der Waals surface area contributed by atoms with Crippen LogP contribution in [0.25, 0.3) is 11.2 Å². The predicted molar refractivity (Wildman–Crippen MR) is 237 cm³/mol. The van der Waals surface area contributed by atoms with Crippen molar-refractivity contribution in [1.29, 1.82) is 5.26 Å². The molecular formula is C47H51FN7O7P. The Morgan fingerprint density at radius 2 is 1.46 bits per heavy atom. The Hall–Kier alpha value is -5.85. The second-order valence-corrected chi connectivity index (χ2v) is 16.7. The van der Waals surface area contributed by atoms with Gasteiger partial charge >= 0.3 is 0 Å². The van der Waals surface area contributed by atoms with Crippen LogP contribution in [0, 0.1) is 11.3 Å². The summed E-state index contributed by atoms with van der Waals surface area (Å²) in [5.41, 5.74) is 2.00. The molecule has 6 aromatic rings. The summed E-state index contributed by atoms with van der Waals surface area (Å²) >= 11 is 0. The highest BCUT2D eigenvalue weighted by atomic mass is 31.2. The van der Waals surface area contributed by atoms with Crippen molar-refractivity contribution in [3.8, 4) is 17.6 Å². The molecule has 1 N–H and O–H groups in total. The molecule has 0 radical (unpaired) electrons. The average Bonchev–Trinajstić information content (AvgIpc) is 3.87. The number of imidazole rings is 1. The minimum Gasteiger partial charge on any atom is -0.497 e. The zero-order valence-electron chi connectivity index (χ0n) is 36.0. The number of ether oxygens (including phenoxy) is 4. The summed E-state index contributed by atoms with van der Waals surface area (Å²) in [5.74, 6) is 1.08. The highest BCUT2D eigenvalue weighted by molar-refractivity contribution is 7.44. The van der Waals surface area contributed by atoms with Crippen molar-refractivity contribution < 1.29 is 37.2 Å². The molecule has 63 heavy (non-hydrogen) atoms. The summed E-state index contributed by atoms with van der Waals surface area (Å²) in [6.07, 6.45) is -2.59. The smallest absolute Gasteiger partial charge is 0.259 e. The van der Waals surface area contributed by atoms with Gasteiger partial charge in [0.15, 0.2) is 29.4 Å². The van der Waals surface area contributed by atoms with Crippen molar-refractivity contribution in [3.63, 3.8) is 0 Å². The third-order valence-corrected chi connectivity index (χ3v) is 12.8. The molecule has 1 aliphatic heterocycles. The van der Waals surface area contributed by atoms with Crippen LogP contribution in [0.3, 0.4) is 0 Å². The highest BCUT2D eigenvalue weighted by Crippen LogP contribution is 2.51. The van der Waals surface area contributed by atoms with Gasteiger partial charge in [-0.3, -0.25) is 9.36 Å². The third kappa shape index (κ3) is 9.72. The van der Waals surface area contributed by atoms with Crippen molar-refractivity contribution in [1.82, 2.24) is 24.2 Å². The van der Waals surface area contributed by atoms with Crippen LogP contribution in [0.2, 0.25) is 0 Å². The number of benzene rings is 4. The zero-order valence-corrected chi connectivity index (χ0v) is 36.9. The summed E-state index contributed by atoms with van der Waals surface area (Å²) in [6, 6.07) is 35.7. The van der Waals surface area contributed by atoms with Gasteiger partial charge < -0.3 is 33.3 Å². The Morgan fingerprint density at radius 3 is 2.03 bits per heavy atom. The highest BCUT2D eigenvalue weighted by Gasteiger charge is 2.51. The van der Waals surface area contributed by atoms with Crippen molar-refractivity contribution in [3.05, 3.63) is 144 Å². The average molecular weight is 876 g/mol. The minimum absolute atomic E-state index is 0.0567. The van der Waals surface area contributed by atoms with Crippen molar-refractivity contribution in [2.24, 2.45) is 0 Å². The summed E-state index contributed by atoms with van der Waals surface area (Å²) in [7, 11) is 1.29. The fraction of sp³-hybridized carbons (Fsp3) is 0.340. The molecule has 2 aromatic heterocycles. The van der Waals surface area contributed by atoms with Gasteiger partial charge in [0.25, 0.3) is 14.4 Å². The number of alkyl halides is 1. The minimum atomic E-state index is -1.93. The van der Waals surface area contributed by atoms with Gasteiger partial charge in [-0.15, -0.1) is 0 Å². The lowest BCUT2D eigenvalue weighted by atomic mass is 9.80. The molecule has 0 bridgehead atoms. The van der Waals surface area contributed by atoms with Crippen LogP contribution >= 0.6 is 8.53 Å². The molecule has 0 spiro atoms. The van der Waals surface area contributed by atoms with E-state index in [0.717, 1.165) is 16.7 Å². The summed E-state index contributed by atoms with van der Waals surface area (Å²) < 4.78 is 59.3. The monoisotopic (exact) mass is 875 g/mol. The van der Waals surface area contributed by atoms with Gasteiger partial charge in [-0.25, -0.2) is 24.0 Å². The number of anilines is 1. The topological polar surface area (TPSA) is 155 Å². The number of rotatable bonds is 19. The van der Waals surface area contributed by atoms with E-state index in [2.05, 4.69) is 26.3 Å². The Kier molecular flexibility index (Phi) is 14.7. The molecule has 1 fully saturated rings. The molecule has 0 aliphatic carbocycles. The van der Waals surface area contributed by atoms with Gasteiger partial charge in [0.05, 0.1) is 46.3 Å². The van der Waals surface area contributed by atoms with Gasteiger partial charge in [-0.2, -0.15) is 5.26 Å².